The molecule has 2 saturated heterocycles. The predicted octanol–water partition coefficient (Wildman–Crippen LogP) is 2.25. The van der Waals surface area contributed by atoms with Gasteiger partial charge in [0.2, 0.25) is 11.8 Å². The van der Waals surface area contributed by atoms with Crippen LogP contribution in [0.3, 0.4) is 0 Å². The number of rotatable bonds is 3. The quantitative estimate of drug-likeness (QED) is 0.696. The van der Waals surface area contributed by atoms with Crippen LogP contribution in [-0.2, 0) is 19.8 Å². The number of carbonyl (C=O) groups excluding carboxylic acids is 2. The Kier molecular flexibility index (Phi) is 8.89. The van der Waals surface area contributed by atoms with Gasteiger partial charge in [0.1, 0.15) is 0 Å². The third kappa shape index (κ3) is 7.52. The zero-order valence-electron chi connectivity index (χ0n) is 19.9. The summed E-state index contributed by atoms with van der Waals surface area (Å²) in [6, 6.07) is 10.00. The summed E-state index contributed by atoms with van der Waals surface area (Å²) < 4.78 is 29.4. The van der Waals surface area contributed by atoms with Crippen LogP contribution in [0.5, 0.6) is 0 Å². The standard InChI is InChI=1S/C24H38N4O4S/c1-24(2)12-17-27(18-13-24)33(31,32)28-16-6-14-25-22(29)10-9-21(11-15-26-23(30)19-28)20-7-4-3-5-8-20/h3-5,7-8,21H,6,9-19H2,1-2H3,(H,25,29)(H,26,30). The molecule has 2 amide bonds. The van der Waals surface area contributed by atoms with E-state index in [4.69, 9.17) is 0 Å². The lowest BCUT2D eigenvalue weighted by atomic mass is 9.83. The summed E-state index contributed by atoms with van der Waals surface area (Å²) in [5.74, 6) is -0.162. The molecule has 0 bridgehead atoms. The molecule has 0 aliphatic carbocycles. The lowest BCUT2D eigenvalue weighted by Gasteiger charge is -2.38. The Bertz CT molecular complexity index is 894. The van der Waals surface area contributed by atoms with Crippen LogP contribution in [0.25, 0.3) is 0 Å². The van der Waals surface area contributed by atoms with Crippen molar-refractivity contribution >= 4 is 22.0 Å². The zero-order chi connectivity index (χ0) is 23.9. The van der Waals surface area contributed by atoms with E-state index < -0.39 is 10.2 Å². The van der Waals surface area contributed by atoms with Gasteiger partial charge in [-0.15, -0.1) is 0 Å². The first kappa shape index (κ1) is 25.6. The van der Waals surface area contributed by atoms with Gasteiger partial charge in [-0.05, 0) is 49.0 Å². The van der Waals surface area contributed by atoms with E-state index in [1.807, 2.05) is 30.3 Å². The summed E-state index contributed by atoms with van der Waals surface area (Å²) in [6.45, 7) is 6.04. The Morgan fingerprint density at radius 2 is 1.55 bits per heavy atom. The van der Waals surface area contributed by atoms with Crippen molar-refractivity contribution in [3.05, 3.63) is 35.9 Å². The minimum absolute atomic E-state index is 0.0234. The van der Waals surface area contributed by atoms with E-state index >= 15 is 0 Å². The topological polar surface area (TPSA) is 98.8 Å². The Hall–Kier alpha value is -1.97. The maximum atomic E-state index is 13.3. The van der Waals surface area contributed by atoms with Crippen molar-refractivity contribution in [3.8, 4) is 0 Å². The number of amides is 2. The molecule has 1 aromatic carbocycles. The maximum Gasteiger partial charge on any atom is 0.282 e. The molecule has 2 heterocycles. The molecule has 2 fully saturated rings. The van der Waals surface area contributed by atoms with E-state index in [0.29, 0.717) is 51.9 Å². The van der Waals surface area contributed by atoms with E-state index in [9.17, 15) is 18.0 Å². The van der Waals surface area contributed by atoms with E-state index in [2.05, 4.69) is 24.5 Å². The first-order chi connectivity index (χ1) is 15.7. The monoisotopic (exact) mass is 478 g/mol. The average molecular weight is 479 g/mol. The molecule has 2 N–H and O–H groups in total. The van der Waals surface area contributed by atoms with Gasteiger partial charge in [-0.1, -0.05) is 44.2 Å². The van der Waals surface area contributed by atoms with E-state index in [0.717, 1.165) is 18.4 Å². The number of hydrogen-bond acceptors (Lipinski definition) is 4. The summed E-state index contributed by atoms with van der Waals surface area (Å²) >= 11 is 0. The fourth-order valence-electron chi connectivity index (χ4n) is 4.44. The number of hydrogen-bond donors (Lipinski definition) is 2. The van der Waals surface area contributed by atoms with Gasteiger partial charge in [-0.2, -0.15) is 17.0 Å². The fourth-order valence-corrected chi connectivity index (χ4v) is 6.05. The van der Waals surface area contributed by atoms with Gasteiger partial charge in [-0.25, -0.2) is 0 Å². The second kappa shape index (κ2) is 11.4. The summed E-state index contributed by atoms with van der Waals surface area (Å²) in [7, 11) is -3.75. The van der Waals surface area contributed by atoms with Crippen LogP contribution >= 0.6 is 0 Å². The molecule has 1 aromatic rings. The summed E-state index contributed by atoms with van der Waals surface area (Å²) in [5.41, 5.74) is 1.27. The van der Waals surface area contributed by atoms with E-state index in [1.54, 1.807) is 0 Å². The highest BCUT2D eigenvalue weighted by atomic mass is 32.2. The molecule has 0 spiro atoms. The van der Waals surface area contributed by atoms with Crippen LogP contribution in [0.1, 0.15) is 63.9 Å². The molecule has 1 unspecified atom stereocenters. The number of piperidine rings is 1. The van der Waals surface area contributed by atoms with Crippen molar-refractivity contribution in [2.24, 2.45) is 5.41 Å². The van der Waals surface area contributed by atoms with Crippen LogP contribution < -0.4 is 10.6 Å². The van der Waals surface area contributed by atoms with E-state index in [1.165, 1.54) is 8.61 Å². The molecule has 2 aliphatic heterocycles. The van der Waals surface area contributed by atoms with Crippen LogP contribution in [-0.4, -0.2) is 68.1 Å². The Labute approximate surface area is 198 Å². The second-order valence-electron chi connectivity index (χ2n) is 9.89. The van der Waals surface area contributed by atoms with Crippen LogP contribution in [0, 0.1) is 5.41 Å². The van der Waals surface area contributed by atoms with Crippen molar-refractivity contribution in [2.45, 2.75) is 58.3 Å². The molecule has 0 saturated carbocycles. The number of carbonyl (C=O) groups is 2. The molecule has 0 aromatic heterocycles. The Morgan fingerprint density at radius 1 is 0.879 bits per heavy atom. The Balaban J connectivity index is 1.69. The molecule has 2 aliphatic rings. The van der Waals surface area contributed by atoms with Crippen molar-refractivity contribution < 1.29 is 18.0 Å². The lowest BCUT2D eigenvalue weighted by Crippen LogP contribution is -2.51. The summed E-state index contributed by atoms with van der Waals surface area (Å²) in [4.78, 5) is 25.0. The van der Waals surface area contributed by atoms with Gasteiger partial charge in [0.05, 0.1) is 6.54 Å². The molecule has 8 nitrogen and oxygen atoms in total. The molecule has 33 heavy (non-hydrogen) atoms. The fraction of sp³-hybridized carbons (Fsp3) is 0.667. The third-order valence-corrected chi connectivity index (χ3v) is 8.74. The van der Waals surface area contributed by atoms with Crippen LogP contribution in [0.2, 0.25) is 0 Å². The normalized spacial score (nSPS) is 25.0. The second-order valence-corrected chi connectivity index (χ2v) is 11.8. The number of nitrogens with zero attached hydrogens (tertiary/aromatic N) is 2. The first-order valence-corrected chi connectivity index (χ1v) is 13.4. The SMILES string of the molecule is CC1(C)CCN(S(=O)(=O)N2CCCNC(=O)CCC(c3ccccc3)CCNC(=O)C2)CC1. The van der Waals surface area contributed by atoms with Gasteiger partial charge in [0, 0.05) is 39.1 Å². The summed E-state index contributed by atoms with van der Waals surface area (Å²) in [5, 5.41) is 5.81. The molecule has 1 atom stereocenters. The minimum atomic E-state index is -3.75. The molecule has 184 valence electrons. The predicted molar refractivity (Wildman–Crippen MR) is 129 cm³/mol. The van der Waals surface area contributed by atoms with Gasteiger partial charge in [0.15, 0.2) is 0 Å². The van der Waals surface area contributed by atoms with Crippen LogP contribution in [0.15, 0.2) is 30.3 Å². The maximum absolute atomic E-state index is 13.3. The molecular weight excluding hydrogens is 440 g/mol. The van der Waals surface area contributed by atoms with E-state index in [-0.39, 0.29) is 36.2 Å². The highest BCUT2D eigenvalue weighted by Gasteiger charge is 2.36. The van der Waals surface area contributed by atoms with Crippen molar-refractivity contribution in [2.75, 3.05) is 39.3 Å². The van der Waals surface area contributed by atoms with Gasteiger partial charge in [0.25, 0.3) is 10.2 Å². The zero-order valence-corrected chi connectivity index (χ0v) is 20.7. The highest BCUT2D eigenvalue weighted by molar-refractivity contribution is 7.86. The summed E-state index contributed by atoms with van der Waals surface area (Å²) in [6.07, 6.45) is 3.85. The molecule has 0 radical (unpaired) electrons. The highest BCUT2D eigenvalue weighted by Crippen LogP contribution is 2.31. The van der Waals surface area contributed by atoms with Crippen molar-refractivity contribution in [1.29, 1.82) is 0 Å². The molecular formula is C24H38N4O4S. The molecule has 9 heteroatoms. The average Bonchev–Trinajstić information content (AvgIpc) is 2.78. The van der Waals surface area contributed by atoms with Crippen molar-refractivity contribution in [3.63, 3.8) is 0 Å². The minimum Gasteiger partial charge on any atom is -0.356 e. The third-order valence-electron chi connectivity index (χ3n) is 6.76. The lowest BCUT2D eigenvalue weighted by molar-refractivity contribution is -0.122. The van der Waals surface area contributed by atoms with Crippen molar-refractivity contribution in [1.82, 2.24) is 19.2 Å². The smallest absolute Gasteiger partial charge is 0.282 e. The number of benzene rings is 1. The number of nitrogens with one attached hydrogen (secondary N) is 2. The first-order valence-electron chi connectivity index (χ1n) is 12.0. The van der Waals surface area contributed by atoms with Gasteiger partial charge >= 0.3 is 0 Å². The van der Waals surface area contributed by atoms with Crippen LogP contribution in [0.4, 0.5) is 0 Å². The largest absolute Gasteiger partial charge is 0.356 e. The van der Waals surface area contributed by atoms with Gasteiger partial charge in [-0.3, -0.25) is 9.59 Å². The Morgan fingerprint density at radius 3 is 2.24 bits per heavy atom. The molecule has 3 rings (SSSR count). The van der Waals surface area contributed by atoms with Gasteiger partial charge < -0.3 is 10.6 Å².